The molecule has 1 aliphatic rings. The Kier molecular flexibility index (Phi) is 10.1. The number of hydrogen-bond acceptors (Lipinski definition) is 10. The Bertz CT molecular complexity index is 1360. The number of nitrogens with zero attached hydrogens (tertiary/aromatic N) is 2. The second-order valence-electron chi connectivity index (χ2n) is 9.93. The number of aromatic nitrogens is 1. The fraction of sp³-hybridized carbons (Fsp3) is 0.429. The van der Waals surface area contributed by atoms with E-state index in [2.05, 4.69) is 15.6 Å². The van der Waals surface area contributed by atoms with Crippen molar-refractivity contribution >= 4 is 29.4 Å². The second-order valence-corrected chi connectivity index (χ2v) is 9.93. The highest BCUT2D eigenvalue weighted by Crippen LogP contribution is 2.47. The van der Waals surface area contributed by atoms with Crippen molar-refractivity contribution in [2.45, 2.75) is 70.9 Å². The van der Waals surface area contributed by atoms with Crippen LogP contribution in [0, 0.1) is 23.1 Å². The average Bonchev–Trinajstić information content (AvgIpc) is 3.69. The number of halogens is 1. The molecule has 1 saturated carbocycles. The van der Waals surface area contributed by atoms with E-state index in [0.29, 0.717) is 5.56 Å². The van der Waals surface area contributed by atoms with Gasteiger partial charge in [-0.25, -0.2) is 14.2 Å². The number of ketones is 2. The molecular weight excluding hydrogens is 537 g/mol. The van der Waals surface area contributed by atoms with Crippen molar-refractivity contribution in [3.8, 4) is 11.8 Å². The number of Topliss-reactive ketones (excluding diaryl/α,β-unsaturated/α-hetero) is 2. The van der Waals surface area contributed by atoms with E-state index in [1.54, 1.807) is 20.8 Å². The monoisotopic (exact) mass is 569 g/mol. The molecule has 1 aliphatic carbocycles. The number of ether oxygens (including phenoxy) is 2. The van der Waals surface area contributed by atoms with Crippen LogP contribution in [0.4, 0.5) is 15.0 Å². The molecule has 3 rings (SSSR count). The van der Waals surface area contributed by atoms with Gasteiger partial charge in [-0.3, -0.25) is 19.7 Å². The van der Waals surface area contributed by atoms with Crippen LogP contribution < -0.4 is 21.1 Å². The molecule has 13 heteroatoms. The molecule has 5 atom stereocenters. The van der Waals surface area contributed by atoms with E-state index in [4.69, 9.17) is 20.5 Å². The molecule has 2 amide bonds. The third kappa shape index (κ3) is 7.62. The Hall–Kier alpha value is -4.41. The lowest BCUT2D eigenvalue weighted by atomic mass is 9.99. The zero-order valence-electron chi connectivity index (χ0n) is 23.0. The summed E-state index contributed by atoms with van der Waals surface area (Å²) in [6, 6.07) is 4.91. The maximum Gasteiger partial charge on any atom is 0.323 e. The first-order chi connectivity index (χ1) is 19.4. The van der Waals surface area contributed by atoms with Crippen LogP contribution in [-0.2, 0) is 14.3 Å². The lowest BCUT2D eigenvalue weighted by molar-refractivity contribution is -0.164. The Morgan fingerprint density at radius 3 is 2.51 bits per heavy atom. The number of benzene rings is 1. The number of rotatable bonds is 12. The van der Waals surface area contributed by atoms with Gasteiger partial charge in [-0.2, -0.15) is 5.26 Å². The molecule has 1 fully saturated rings. The van der Waals surface area contributed by atoms with Gasteiger partial charge in [-0.15, -0.1) is 0 Å². The van der Waals surface area contributed by atoms with Crippen LogP contribution in [0.1, 0.15) is 67.9 Å². The predicted molar refractivity (Wildman–Crippen MR) is 143 cm³/mol. The third-order valence-electron chi connectivity index (χ3n) is 6.53. The van der Waals surface area contributed by atoms with E-state index < -0.39 is 59.8 Å². The van der Waals surface area contributed by atoms with Gasteiger partial charge in [-0.05, 0) is 43.5 Å². The standard InChI is InChI=1S/C28H32FN5O7/c1-5-20(35)16-7-8-18(29)22(17-10-19(17)33-28(39)34-21-9-6-15(11-30)12-32-21)25(16)41-27(38)24(36)14(4)40-26(37)23(31)13(2)3/h6-9,12-14,17,19,23,27,38H,5,10,31H2,1-4H3,(H2,32,33,34,39)/t14?,17?,19?,23-,27?/m0/s1. The summed E-state index contributed by atoms with van der Waals surface area (Å²) >= 11 is 0. The second kappa shape index (κ2) is 13.3. The highest BCUT2D eigenvalue weighted by atomic mass is 19.1. The molecular formula is C28H32FN5O7. The van der Waals surface area contributed by atoms with Gasteiger partial charge >= 0.3 is 12.0 Å². The molecule has 41 heavy (non-hydrogen) atoms. The van der Waals surface area contributed by atoms with Crippen molar-refractivity contribution in [3.05, 3.63) is 53.0 Å². The number of pyridine rings is 1. The predicted octanol–water partition coefficient (Wildman–Crippen LogP) is 2.54. The van der Waals surface area contributed by atoms with E-state index in [-0.39, 0.29) is 41.5 Å². The highest BCUT2D eigenvalue weighted by Gasteiger charge is 2.44. The molecule has 5 N–H and O–H groups in total. The number of urea groups is 1. The number of carbonyl (C=O) groups excluding carboxylic acids is 4. The summed E-state index contributed by atoms with van der Waals surface area (Å²) in [5, 5.41) is 24.6. The SMILES string of the molecule is CCC(=O)c1ccc(F)c(C2CC2NC(=O)Nc2ccc(C#N)cn2)c1OC(O)C(=O)C(C)OC(=O)[C@@H](N)C(C)C. The largest absolute Gasteiger partial charge is 0.456 e. The van der Waals surface area contributed by atoms with Gasteiger partial charge in [-0.1, -0.05) is 20.8 Å². The molecule has 0 spiro atoms. The molecule has 2 aromatic rings. The summed E-state index contributed by atoms with van der Waals surface area (Å²) in [5.41, 5.74) is 5.91. The Balaban J connectivity index is 1.78. The zero-order valence-corrected chi connectivity index (χ0v) is 23.0. The maximum atomic E-state index is 15.2. The number of hydrogen-bond donors (Lipinski definition) is 4. The molecule has 1 heterocycles. The van der Waals surface area contributed by atoms with Gasteiger partial charge in [0.25, 0.3) is 6.29 Å². The first-order valence-corrected chi connectivity index (χ1v) is 13.0. The minimum absolute atomic E-state index is 0.0267. The summed E-state index contributed by atoms with van der Waals surface area (Å²) in [4.78, 5) is 54.0. The van der Waals surface area contributed by atoms with E-state index in [0.717, 1.165) is 6.07 Å². The summed E-state index contributed by atoms with van der Waals surface area (Å²) < 4.78 is 25.7. The van der Waals surface area contributed by atoms with Crippen molar-refractivity contribution in [3.63, 3.8) is 0 Å². The third-order valence-corrected chi connectivity index (χ3v) is 6.53. The smallest absolute Gasteiger partial charge is 0.323 e. The van der Waals surface area contributed by atoms with E-state index in [1.807, 2.05) is 6.07 Å². The molecule has 0 radical (unpaired) electrons. The van der Waals surface area contributed by atoms with Gasteiger partial charge in [0, 0.05) is 30.1 Å². The average molecular weight is 570 g/mol. The quantitative estimate of drug-likeness (QED) is 0.168. The number of nitrogens with two attached hydrogens (primary N) is 1. The van der Waals surface area contributed by atoms with Gasteiger partial charge in [0.1, 0.15) is 29.5 Å². The number of aliphatic hydroxyl groups is 1. The fourth-order valence-electron chi connectivity index (χ4n) is 3.94. The van der Waals surface area contributed by atoms with Crippen LogP contribution >= 0.6 is 0 Å². The van der Waals surface area contributed by atoms with E-state index in [1.165, 1.54) is 31.3 Å². The number of anilines is 1. The van der Waals surface area contributed by atoms with Gasteiger partial charge in [0.05, 0.1) is 11.1 Å². The Labute approximate surface area is 236 Å². The molecule has 12 nitrogen and oxygen atoms in total. The van der Waals surface area contributed by atoms with Crippen LogP contribution in [-0.4, -0.2) is 58.1 Å². The van der Waals surface area contributed by atoms with E-state index >= 15 is 4.39 Å². The molecule has 0 bridgehead atoms. The van der Waals surface area contributed by atoms with Crippen molar-refractivity contribution < 1.29 is 38.1 Å². The normalized spacial score (nSPS) is 17.9. The number of carbonyl (C=O) groups is 4. The minimum Gasteiger partial charge on any atom is -0.456 e. The molecule has 1 aromatic carbocycles. The number of amides is 2. The molecule has 218 valence electrons. The van der Waals surface area contributed by atoms with E-state index in [9.17, 15) is 24.3 Å². The van der Waals surface area contributed by atoms with Crippen molar-refractivity contribution in [1.29, 1.82) is 5.26 Å². The van der Waals surface area contributed by atoms with Gasteiger partial charge in [0.15, 0.2) is 11.9 Å². The van der Waals surface area contributed by atoms with Gasteiger partial charge in [0.2, 0.25) is 5.78 Å². The first-order valence-electron chi connectivity index (χ1n) is 13.0. The number of aliphatic hydroxyl groups excluding tert-OH is 1. The van der Waals surface area contributed by atoms with Crippen LogP contribution in [0.5, 0.6) is 5.75 Å². The first kappa shape index (κ1) is 31.1. The van der Waals surface area contributed by atoms with Gasteiger partial charge < -0.3 is 25.6 Å². The maximum absolute atomic E-state index is 15.2. The van der Waals surface area contributed by atoms with Crippen LogP contribution in [0.15, 0.2) is 30.5 Å². The topological polar surface area (TPSA) is 194 Å². The molecule has 4 unspecified atom stereocenters. The van der Waals surface area contributed by atoms with Crippen molar-refractivity contribution in [1.82, 2.24) is 10.3 Å². The van der Waals surface area contributed by atoms with Crippen molar-refractivity contribution in [2.75, 3.05) is 5.32 Å². The summed E-state index contributed by atoms with van der Waals surface area (Å²) in [6.07, 6.45) is -2.06. The van der Waals surface area contributed by atoms with Crippen LogP contribution in [0.25, 0.3) is 0 Å². The Morgan fingerprint density at radius 2 is 1.93 bits per heavy atom. The Morgan fingerprint density at radius 1 is 1.22 bits per heavy atom. The summed E-state index contributed by atoms with van der Waals surface area (Å²) in [5.74, 6) is -4.13. The van der Waals surface area contributed by atoms with Crippen LogP contribution in [0.3, 0.4) is 0 Å². The highest BCUT2D eigenvalue weighted by molar-refractivity contribution is 5.99. The number of esters is 1. The number of nitriles is 1. The van der Waals surface area contributed by atoms with Crippen LogP contribution in [0.2, 0.25) is 0 Å². The molecule has 1 aromatic heterocycles. The minimum atomic E-state index is -2.20. The molecule has 0 aliphatic heterocycles. The lowest BCUT2D eigenvalue weighted by Crippen LogP contribution is -2.43. The zero-order chi connectivity index (χ0) is 30.4. The molecule has 0 saturated heterocycles. The summed E-state index contributed by atoms with van der Waals surface area (Å²) in [6.45, 7) is 6.20. The fourth-order valence-corrected chi connectivity index (χ4v) is 3.94. The summed E-state index contributed by atoms with van der Waals surface area (Å²) in [7, 11) is 0. The van der Waals surface area contributed by atoms with Crippen molar-refractivity contribution in [2.24, 2.45) is 11.7 Å². The number of nitrogens with one attached hydrogen (secondary N) is 2. The lowest BCUT2D eigenvalue weighted by Gasteiger charge is -2.22.